The zero-order valence-electron chi connectivity index (χ0n) is 22.0. The van der Waals surface area contributed by atoms with Crippen LogP contribution in [0.4, 0.5) is 0 Å². The minimum atomic E-state index is -0.932. The molecule has 1 N–H and O–H groups in total. The summed E-state index contributed by atoms with van der Waals surface area (Å²) in [6.45, 7) is 6.37. The molecule has 2 aliphatic heterocycles. The number of nitrogens with zero attached hydrogens (tertiary/aromatic N) is 4. The fourth-order valence-corrected chi connectivity index (χ4v) is 5.07. The molecule has 2 aromatic carbocycles. The molecule has 200 valence electrons. The molecule has 1 fully saturated rings. The van der Waals surface area contributed by atoms with Crippen molar-refractivity contribution in [3.05, 3.63) is 94.9 Å². The highest BCUT2D eigenvalue weighted by molar-refractivity contribution is 5.92. The SMILES string of the molecule is Cc1ccc(COc2cccc(C3=CCN(Cc4nc5ccc(C(=O)O)cc5n4C[C@@H]4CCO4)CC3)n2)cc1. The number of ether oxygens (including phenoxy) is 2. The highest BCUT2D eigenvalue weighted by Crippen LogP contribution is 2.26. The quantitative estimate of drug-likeness (QED) is 0.326. The first-order valence-electron chi connectivity index (χ1n) is 13.4. The van der Waals surface area contributed by atoms with Gasteiger partial charge in [0.05, 0.1) is 41.5 Å². The fourth-order valence-electron chi connectivity index (χ4n) is 5.07. The molecule has 0 spiro atoms. The van der Waals surface area contributed by atoms with E-state index in [2.05, 4.69) is 46.7 Å². The van der Waals surface area contributed by atoms with Crippen molar-refractivity contribution in [2.24, 2.45) is 0 Å². The lowest BCUT2D eigenvalue weighted by atomic mass is 10.0. The summed E-state index contributed by atoms with van der Waals surface area (Å²) in [5.74, 6) is 0.631. The van der Waals surface area contributed by atoms with E-state index in [9.17, 15) is 9.90 Å². The lowest BCUT2D eigenvalue weighted by Gasteiger charge is -2.29. The van der Waals surface area contributed by atoms with Crippen LogP contribution in [0.5, 0.6) is 5.88 Å². The molecule has 6 rings (SSSR count). The summed E-state index contributed by atoms with van der Waals surface area (Å²) >= 11 is 0. The van der Waals surface area contributed by atoms with Gasteiger partial charge in [0.15, 0.2) is 0 Å². The number of imidazole rings is 1. The number of carbonyl (C=O) groups is 1. The third-order valence-electron chi connectivity index (χ3n) is 7.47. The van der Waals surface area contributed by atoms with Gasteiger partial charge < -0.3 is 19.1 Å². The van der Waals surface area contributed by atoms with Crippen molar-refractivity contribution >= 4 is 22.6 Å². The third-order valence-corrected chi connectivity index (χ3v) is 7.47. The minimum absolute atomic E-state index is 0.147. The van der Waals surface area contributed by atoms with Crippen LogP contribution in [-0.4, -0.2) is 56.3 Å². The molecule has 0 bridgehead atoms. The summed E-state index contributed by atoms with van der Waals surface area (Å²) in [4.78, 5) is 23.6. The van der Waals surface area contributed by atoms with Crippen LogP contribution in [0, 0.1) is 6.92 Å². The monoisotopic (exact) mass is 524 g/mol. The lowest BCUT2D eigenvalue weighted by molar-refractivity contribution is -0.0591. The number of benzene rings is 2. The zero-order chi connectivity index (χ0) is 26.8. The number of carboxylic acid groups (broad SMARTS) is 1. The second-order valence-corrected chi connectivity index (χ2v) is 10.3. The molecule has 8 heteroatoms. The second kappa shape index (κ2) is 11.0. The van der Waals surface area contributed by atoms with Crippen molar-refractivity contribution < 1.29 is 19.4 Å². The maximum Gasteiger partial charge on any atom is 0.335 e. The van der Waals surface area contributed by atoms with E-state index >= 15 is 0 Å². The van der Waals surface area contributed by atoms with Crippen LogP contribution in [0.25, 0.3) is 16.6 Å². The summed E-state index contributed by atoms with van der Waals surface area (Å²) in [7, 11) is 0. The Morgan fingerprint density at radius 1 is 1.13 bits per heavy atom. The van der Waals surface area contributed by atoms with Gasteiger partial charge in [-0.2, -0.15) is 0 Å². The van der Waals surface area contributed by atoms with Crippen LogP contribution in [0.3, 0.4) is 0 Å². The summed E-state index contributed by atoms with van der Waals surface area (Å²) in [6, 6.07) is 19.4. The van der Waals surface area contributed by atoms with Gasteiger partial charge in [-0.25, -0.2) is 14.8 Å². The summed E-state index contributed by atoms with van der Waals surface area (Å²) < 4.78 is 13.8. The number of aryl methyl sites for hydroxylation is 1. The highest BCUT2D eigenvalue weighted by atomic mass is 16.5. The average molecular weight is 525 g/mol. The Bertz CT molecular complexity index is 1520. The minimum Gasteiger partial charge on any atom is -0.478 e. The molecule has 1 saturated heterocycles. The molecule has 1 atom stereocenters. The van der Waals surface area contributed by atoms with E-state index in [1.54, 1.807) is 18.2 Å². The van der Waals surface area contributed by atoms with Gasteiger partial charge in [0, 0.05) is 25.8 Å². The zero-order valence-corrected chi connectivity index (χ0v) is 22.0. The first-order valence-corrected chi connectivity index (χ1v) is 13.4. The highest BCUT2D eigenvalue weighted by Gasteiger charge is 2.24. The number of rotatable bonds is 9. The van der Waals surface area contributed by atoms with Crippen molar-refractivity contribution in [1.82, 2.24) is 19.4 Å². The number of hydrogen-bond acceptors (Lipinski definition) is 6. The van der Waals surface area contributed by atoms with Gasteiger partial charge >= 0.3 is 5.97 Å². The van der Waals surface area contributed by atoms with Crippen molar-refractivity contribution in [2.75, 3.05) is 19.7 Å². The molecule has 8 nitrogen and oxygen atoms in total. The number of pyridine rings is 1. The standard InChI is InChI=1S/C31H32N4O4/c1-21-5-7-22(8-6-21)20-39-30-4-2-3-26(33-30)23-11-14-34(15-12-23)19-29-32-27-10-9-24(31(36)37)17-28(27)35(29)18-25-13-16-38-25/h2-11,17,25H,12-16,18-20H2,1H3,(H,36,37)/t25-/m0/s1. The second-order valence-electron chi connectivity index (χ2n) is 10.3. The van der Waals surface area contributed by atoms with Gasteiger partial charge in [0.25, 0.3) is 0 Å². The molecule has 39 heavy (non-hydrogen) atoms. The number of aromatic nitrogens is 3. The molecule has 4 aromatic rings. The molecule has 0 amide bonds. The molecule has 4 heterocycles. The Balaban J connectivity index is 1.15. The van der Waals surface area contributed by atoms with Gasteiger partial charge in [0.2, 0.25) is 5.88 Å². The predicted octanol–water partition coefficient (Wildman–Crippen LogP) is 5.10. The molecule has 2 aliphatic rings. The molecular weight excluding hydrogens is 492 g/mol. The van der Waals surface area contributed by atoms with Crippen LogP contribution >= 0.6 is 0 Å². The van der Waals surface area contributed by atoms with E-state index in [1.807, 2.05) is 18.2 Å². The number of hydrogen-bond donors (Lipinski definition) is 1. The first kappa shape index (κ1) is 25.3. The molecule has 0 radical (unpaired) electrons. The van der Waals surface area contributed by atoms with Gasteiger partial charge in [-0.1, -0.05) is 42.0 Å². The van der Waals surface area contributed by atoms with Crippen LogP contribution in [0.15, 0.2) is 66.7 Å². The van der Waals surface area contributed by atoms with E-state index < -0.39 is 5.97 Å². The molecular formula is C31H32N4O4. The van der Waals surface area contributed by atoms with Crippen molar-refractivity contribution in [3.8, 4) is 5.88 Å². The maximum absolute atomic E-state index is 11.6. The van der Waals surface area contributed by atoms with Crippen molar-refractivity contribution in [2.45, 2.75) is 45.6 Å². The van der Waals surface area contributed by atoms with Gasteiger partial charge in [-0.05, 0) is 55.2 Å². The van der Waals surface area contributed by atoms with E-state index in [-0.39, 0.29) is 11.7 Å². The summed E-state index contributed by atoms with van der Waals surface area (Å²) in [5.41, 5.74) is 6.45. The Hall–Kier alpha value is -4.01. The van der Waals surface area contributed by atoms with Crippen molar-refractivity contribution in [1.29, 1.82) is 0 Å². The molecule has 0 aliphatic carbocycles. The fraction of sp³-hybridized carbons (Fsp3) is 0.323. The van der Waals surface area contributed by atoms with Gasteiger partial charge in [-0.15, -0.1) is 0 Å². The molecule has 2 aromatic heterocycles. The Labute approximate surface area is 227 Å². The Morgan fingerprint density at radius 2 is 1.97 bits per heavy atom. The number of carboxylic acids is 1. The van der Waals surface area contributed by atoms with Crippen molar-refractivity contribution in [3.63, 3.8) is 0 Å². The Morgan fingerprint density at radius 3 is 2.69 bits per heavy atom. The van der Waals surface area contributed by atoms with E-state index in [4.69, 9.17) is 19.4 Å². The topological polar surface area (TPSA) is 89.7 Å². The van der Waals surface area contributed by atoms with E-state index in [1.165, 1.54) is 11.1 Å². The summed E-state index contributed by atoms with van der Waals surface area (Å²) in [5, 5.41) is 9.49. The number of aromatic carboxylic acids is 1. The first-order chi connectivity index (χ1) is 19.0. The van der Waals surface area contributed by atoms with Gasteiger partial charge in [-0.3, -0.25) is 4.90 Å². The van der Waals surface area contributed by atoms with Crippen LogP contribution in [-0.2, 0) is 24.4 Å². The van der Waals surface area contributed by atoms with Crippen LogP contribution < -0.4 is 4.74 Å². The Kier molecular flexibility index (Phi) is 7.13. The van der Waals surface area contributed by atoms with E-state index in [0.29, 0.717) is 25.6 Å². The average Bonchev–Trinajstić information content (AvgIpc) is 3.26. The lowest BCUT2D eigenvalue weighted by Crippen LogP contribution is -2.33. The third kappa shape index (κ3) is 5.72. The smallest absolute Gasteiger partial charge is 0.335 e. The molecule has 0 saturated carbocycles. The van der Waals surface area contributed by atoms with Crippen LogP contribution in [0.2, 0.25) is 0 Å². The largest absolute Gasteiger partial charge is 0.478 e. The van der Waals surface area contributed by atoms with E-state index in [0.717, 1.165) is 60.7 Å². The van der Waals surface area contributed by atoms with Gasteiger partial charge in [0.1, 0.15) is 12.4 Å². The number of fused-ring (bicyclic) bond motifs is 1. The maximum atomic E-state index is 11.6. The molecule has 0 unspecified atom stereocenters. The van der Waals surface area contributed by atoms with Crippen LogP contribution in [0.1, 0.15) is 45.8 Å². The normalized spacial score (nSPS) is 17.6. The summed E-state index contributed by atoms with van der Waals surface area (Å²) in [6.07, 6.45) is 4.27. The predicted molar refractivity (Wildman–Crippen MR) is 149 cm³/mol.